The van der Waals surface area contributed by atoms with Crippen LogP contribution >= 0.6 is 11.8 Å². The van der Waals surface area contributed by atoms with Gasteiger partial charge >= 0.3 is 0 Å². The van der Waals surface area contributed by atoms with E-state index >= 15 is 0 Å². The van der Waals surface area contributed by atoms with E-state index in [4.69, 9.17) is 5.73 Å². The van der Waals surface area contributed by atoms with Crippen molar-refractivity contribution in [2.45, 2.75) is 44.8 Å². The molecule has 2 atom stereocenters. The Morgan fingerprint density at radius 3 is 2.62 bits per heavy atom. The van der Waals surface area contributed by atoms with Crippen LogP contribution in [0.25, 0.3) is 0 Å². The maximum atomic E-state index is 9.40. The van der Waals surface area contributed by atoms with E-state index in [1.54, 1.807) is 18.7 Å². The zero-order valence-electron chi connectivity index (χ0n) is 10.3. The van der Waals surface area contributed by atoms with Crippen LogP contribution in [0.1, 0.15) is 30.7 Å². The molecule has 0 amide bonds. The van der Waals surface area contributed by atoms with E-state index < -0.39 is 0 Å². The van der Waals surface area contributed by atoms with Crippen molar-refractivity contribution in [1.29, 1.82) is 0 Å². The summed E-state index contributed by atoms with van der Waals surface area (Å²) in [6.45, 7) is 7.78. The van der Waals surface area contributed by atoms with Crippen molar-refractivity contribution in [3.63, 3.8) is 0 Å². The third-order valence-corrected chi connectivity index (χ3v) is 4.20. The van der Waals surface area contributed by atoms with Gasteiger partial charge in [0.2, 0.25) is 0 Å². The average molecular weight is 240 g/mol. The van der Waals surface area contributed by atoms with Gasteiger partial charge in [-0.3, -0.25) is 4.98 Å². The monoisotopic (exact) mass is 240 g/mol. The minimum absolute atomic E-state index is 0.212. The fraction of sp³-hybridized carbons (Fsp3) is 0.583. The Morgan fingerprint density at radius 2 is 2.06 bits per heavy atom. The maximum absolute atomic E-state index is 9.40. The van der Waals surface area contributed by atoms with Crippen molar-refractivity contribution in [3.8, 4) is 0 Å². The smallest absolute Gasteiger partial charge is 0.0628 e. The molecule has 3 nitrogen and oxygen atoms in total. The molecule has 0 saturated carbocycles. The quantitative estimate of drug-likeness (QED) is 0.847. The van der Waals surface area contributed by atoms with E-state index in [0.717, 1.165) is 28.3 Å². The number of thioether (sulfide) groups is 1. The Labute approximate surface area is 101 Å². The lowest BCUT2D eigenvalue weighted by molar-refractivity contribution is 0.196. The zero-order valence-corrected chi connectivity index (χ0v) is 11.1. The minimum atomic E-state index is -0.298. The number of hydrogen-bond donors (Lipinski definition) is 2. The molecule has 3 N–H and O–H groups in total. The highest BCUT2D eigenvalue weighted by Gasteiger charge is 2.12. The number of nitrogens with zero attached hydrogens (tertiary/aromatic N) is 1. The van der Waals surface area contributed by atoms with Gasteiger partial charge in [0.25, 0.3) is 0 Å². The molecule has 1 heterocycles. The van der Waals surface area contributed by atoms with Gasteiger partial charge in [0.1, 0.15) is 0 Å². The molecule has 0 aliphatic rings. The second-order valence-electron chi connectivity index (χ2n) is 4.18. The molecule has 0 aromatic carbocycles. The molecule has 0 aliphatic carbocycles. The number of nitrogens with two attached hydrogens (primary N) is 1. The van der Waals surface area contributed by atoms with Crippen LogP contribution in [0.5, 0.6) is 0 Å². The highest BCUT2D eigenvalue weighted by atomic mass is 32.2. The van der Waals surface area contributed by atoms with Crippen molar-refractivity contribution < 1.29 is 5.11 Å². The molecular weight excluding hydrogens is 220 g/mol. The molecule has 1 aromatic rings. The Kier molecular flexibility index (Phi) is 4.62. The Hall–Kier alpha value is -0.740. The number of pyridine rings is 1. The lowest BCUT2D eigenvalue weighted by Gasteiger charge is -2.15. The summed E-state index contributed by atoms with van der Waals surface area (Å²) in [6, 6.07) is 0. The second kappa shape index (κ2) is 5.55. The van der Waals surface area contributed by atoms with Gasteiger partial charge in [-0.1, -0.05) is 6.92 Å². The van der Waals surface area contributed by atoms with Gasteiger partial charge in [-0.25, -0.2) is 0 Å². The predicted octanol–water partition coefficient (Wildman–Crippen LogP) is 2.28. The summed E-state index contributed by atoms with van der Waals surface area (Å²) >= 11 is 1.70. The van der Waals surface area contributed by atoms with Crippen LogP contribution in [0.3, 0.4) is 0 Å². The first-order valence-corrected chi connectivity index (χ1v) is 6.48. The van der Waals surface area contributed by atoms with E-state index in [2.05, 4.69) is 4.98 Å². The van der Waals surface area contributed by atoms with Gasteiger partial charge < -0.3 is 10.8 Å². The van der Waals surface area contributed by atoms with Crippen LogP contribution in [-0.2, 0) is 5.75 Å². The third-order valence-electron chi connectivity index (χ3n) is 2.84. The molecule has 4 heteroatoms. The van der Waals surface area contributed by atoms with Crippen molar-refractivity contribution in [1.82, 2.24) is 4.98 Å². The summed E-state index contributed by atoms with van der Waals surface area (Å²) in [4.78, 5) is 4.39. The summed E-state index contributed by atoms with van der Waals surface area (Å²) < 4.78 is 0. The van der Waals surface area contributed by atoms with Crippen LogP contribution in [0, 0.1) is 13.8 Å². The van der Waals surface area contributed by atoms with E-state index in [1.807, 2.05) is 27.0 Å². The highest BCUT2D eigenvalue weighted by molar-refractivity contribution is 7.99. The fourth-order valence-electron chi connectivity index (χ4n) is 1.29. The van der Waals surface area contributed by atoms with Gasteiger partial charge in [0, 0.05) is 22.9 Å². The second-order valence-corrected chi connectivity index (χ2v) is 5.55. The van der Waals surface area contributed by atoms with Gasteiger partial charge in [0.05, 0.1) is 11.8 Å². The molecule has 1 rings (SSSR count). The average Bonchev–Trinajstić information content (AvgIpc) is 2.24. The Balaban J connectivity index is 2.72. The third kappa shape index (κ3) is 3.12. The summed E-state index contributed by atoms with van der Waals surface area (Å²) in [5.74, 6) is 0.794. The van der Waals surface area contributed by atoms with E-state index in [-0.39, 0.29) is 11.4 Å². The minimum Gasteiger partial charge on any atom is -0.398 e. The van der Waals surface area contributed by atoms with Crippen LogP contribution < -0.4 is 5.73 Å². The highest BCUT2D eigenvalue weighted by Crippen LogP contribution is 2.24. The summed E-state index contributed by atoms with van der Waals surface area (Å²) in [6.07, 6.45) is 1.51. The molecular formula is C12H20N2OS. The molecule has 0 bridgehead atoms. The Morgan fingerprint density at radius 1 is 1.44 bits per heavy atom. The number of aryl methyl sites for hydroxylation is 1. The Bertz CT molecular complexity index is 366. The van der Waals surface area contributed by atoms with Gasteiger partial charge in [0.15, 0.2) is 0 Å². The summed E-state index contributed by atoms with van der Waals surface area (Å²) in [5.41, 5.74) is 9.88. The SMILES string of the molecule is Cc1cnc(CSC(C)C(C)O)c(C)c1N. The first-order chi connectivity index (χ1) is 7.43. The van der Waals surface area contributed by atoms with Crippen LogP contribution in [-0.4, -0.2) is 21.4 Å². The molecule has 0 radical (unpaired) electrons. The first kappa shape index (κ1) is 13.3. The number of rotatable bonds is 4. The van der Waals surface area contributed by atoms with Crippen LogP contribution in [0.4, 0.5) is 5.69 Å². The molecule has 2 unspecified atom stereocenters. The molecule has 0 aliphatic heterocycles. The van der Waals surface area contributed by atoms with Crippen molar-refractivity contribution in [3.05, 3.63) is 23.0 Å². The molecule has 0 fully saturated rings. The summed E-state index contributed by atoms with van der Waals surface area (Å²) in [7, 11) is 0. The largest absolute Gasteiger partial charge is 0.398 e. The molecule has 0 spiro atoms. The number of aromatic nitrogens is 1. The topological polar surface area (TPSA) is 59.1 Å². The van der Waals surface area contributed by atoms with E-state index in [0.29, 0.717) is 0 Å². The van der Waals surface area contributed by atoms with Crippen LogP contribution in [0.15, 0.2) is 6.20 Å². The molecule has 16 heavy (non-hydrogen) atoms. The summed E-state index contributed by atoms with van der Waals surface area (Å²) in [5, 5.41) is 9.61. The van der Waals surface area contributed by atoms with E-state index in [1.165, 1.54) is 0 Å². The zero-order chi connectivity index (χ0) is 12.3. The normalized spacial score (nSPS) is 14.8. The molecule has 90 valence electrons. The fourth-order valence-corrected chi connectivity index (χ4v) is 2.28. The molecule has 0 saturated heterocycles. The predicted molar refractivity (Wildman–Crippen MR) is 70.6 cm³/mol. The van der Waals surface area contributed by atoms with Crippen molar-refractivity contribution in [2.24, 2.45) is 0 Å². The van der Waals surface area contributed by atoms with E-state index in [9.17, 15) is 5.11 Å². The van der Waals surface area contributed by atoms with Crippen molar-refractivity contribution in [2.75, 3.05) is 5.73 Å². The number of aliphatic hydroxyl groups excluding tert-OH is 1. The van der Waals surface area contributed by atoms with Gasteiger partial charge in [-0.15, -0.1) is 11.8 Å². The maximum Gasteiger partial charge on any atom is 0.0628 e. The van der Waals surface area contributed by atoms with Crippen molar-refractivity contribution >= 4 is 17.4 Å². The molecule has 1 aromatic heterocycles. The number of nitrogen functional groups attached to an aromatic ring is 1. The standard InChI is InChI=1S/C12H20N2OS/c1-7-5-14-11(8(2)12(7)13)6-16-10(4)9(3)15/h5,9-10,15H,6H2,1-4H3,(H2,13,14). The van der Waals surface area contributed by atoms with Gasteiger partial charge in [-0.2, -0.15) is 0 Å². The number of hydrogen-bond acceptors (Lipinski definition) is 4. The first-order valence-electron chi connectivity index (χ1n) is 5.43. The number of anilines is 1. The van der Waals surface area contributed by atoms with Crippen LogP contribution in [0.2, 0.25) is 0 Å². The lowest BCUT2D eigenvalue weighted by atomic mass is 10.1. The number of aliphatic hydroxyl groups is 1. The lowest BCUT2D eigenvalue weighted by Crippen LogP contribution is -2.15. The van der Waals surface area contributed by atoms with Gasteiger partial charge in [-0.05, 0) is 31.9 Å².